The summed E-state index contributed by atoms with van der Waals surface area (Å²) in [5.74, 6) is -0.466. The Kier molecular flexibility index (Phi) is 3.45. The predicted molar refractivity (Wildman–Crippen MR) is 81.8 cm³/mol. The first-order chi connectivity index (χ1) is 10.1. The zero-order chi connectivity index (χ0) is 14.8. The molecule has 0 spiro atoms. The fourth-order valence-corrected chi connectivity index (χ4v) is 2.69. The number of amides is 1. The van der Waals surface area contributed by atoms with Gasteiger partial charge in [-0.1, -0.05) is 24.3 Å². The number of aromatic nitrogens is 2. The molecule has 0 bridgehead atoms. The van der Waals surface area contributed by atoms with E-state index in [4.69, 9.17) is 0 Å². The van der Waals surface area contributed by atoms with Crippen LogP contribution in [0.5, 0.6) is 0 Å². The van der Waals surface area contributed by atoms with Gasteiger partial charge < -0.3 is 0 Å². The van der Waals surface area contributed by atoms with Gasteiger partial charge in [0.2, 0.25) is 0 Å². The Bertz CT molecular complexity index is 836. The molecule has 0 saturated heterocycles. The van der Waals surface area contributed by atoms with Crippen LogP contribution in [0.4, 0.5) is 5.13 Å². The van der Waals surface area contributed by atoms with Gasteiger partial charge in [0.25, 0.3) is 5.91 Å². The predicted octanol–water partition coefficient (Wildman–Crippen LogP) is 3.15. The minimum absolute atomic E-state index is 0.130. The number of ketones is 1. The number of Topliss-reactive ketones (excluding diaryl/α,β-unsaturated/α-hetero) is 1. The van der Waals surface area contributed by atoms with Gasteiger partial charge in [-0.25, -0.2) is 4.98 Å². The maximum absolute atomic E-state index is 12.3. The number of anilines is 1. The molecular formula is C15H11N3O2S. The van der Waals surface area contributed by atoms with Crippen molar-refractivity contribution < 1.29 is 9.59 Å². The minimum atomic E-state index is -0.337. The van der Waals surface area contributed by atoms with Crippen molar-refractivity contribution >= 4 is 38.9 Å². The molecule has 5 nitrogen and oxygen atoms in total. The van der Waals surface area contributed by atoms with E-state index in [1.165, 1.54) is 18.3 Å². The SMILES string of the molecule is CC(=O)c1csc(NC(=O)c2nccc3ccccc23)n1. The first kappa shape index (κ1) is 13.4. The van der Waals surface area contributed by atoms with Gasteiger partial charge >= 0.3 is 0 Å². The molecule has 3 aromatic rings. The van der Waals surface area contributed by atoms with E-state index in [1.54, 1.807) is 11.6 Å². The number of carbonyl (C=O) groups excluding carboxylic acids is 2. The van der Waals surface area contributed by atoms with Crippen molar-refractivity contribution in [2.45, 2.75) is 6.92 Å². The highest BCUT2D eigenvalue weighted by Gasteiger charge is 2.14. The van der Waals surface area contributed by atoms with E-state index >= 15 is 0 Å². The van der Waals surface area contributed by atoms with E-state index < -0.39 is 0 Å². The summed E-state index contributed by atoms with van der Waals surface area (Å²) in [6.45, 7) is 1.44. The van der Waals surface area contributed by atoms with Gasteiger partial charge in [0.15, 0.2) is 10.9 Å². The second-order valence-corrected chi connectivity index (χ2v) is 5.29. The Morgan fingerprint density at radius 2 is 2.00 bits per heavy atom. The Hall–Kier alpha value is -2.60. The van der Waals surface area contributed by atoms with Crippen molar-refractivity contribution in [1.29, 1.82) is 0 Å². The van der Waals surface area contributed by atoms with E-state index in [9.17, 15) is 9.59 Å². The highest BCUT2D eigenvalue weighted by atomic mass is 32.1. The molecule has 3 rings (SSSR count). The first-order valence-electron chi connectivity index (χ1n) is 6.27. The zero-order valence-electron chi connectivity index (χ0n) is 11.2. The largest absolute Gasteiger partial charge is 0.296 e. The topological polar surface area (TPSA) is 72.0 Å². The van der Waals surface area contributed by atoms with Crippen LogP contribution in [0.1, 0.15) is 27.9 Å². The van der Waals surface area contributed by atoms with Crippen LogP contribution < -0.4 is 5.32 Å². The van der Waals surface area contributed by atoms with Crippen LogP contribution >= 0.6 is 11.3 Å². The van der Waals surface area contributed by atoms with Crippen LogP contribution in [-0.2, 0) is 0 Å². The Morgan fingerprint density at radius 3 is 2.76 bits per heavy atom. The molecule has 0 unspecified atom stereocenters. The smallest absolute Gasteiger partial charge is 0.276 e. The van der Waals surface area contributed by atoms with E-state index in [0.717, 1.165) is 10.8 Å². The zero-order valence-corrected chi connectivity index (χ0v) is 12.0. The summed E-state index contributed by atoms with van der Waals surface area (Å²) < 4.78 is 0. The van der Waals surface area contributed by atoms with E-state index in [2.05, 4.69) is 15.3 Å². The average Bonchev–Trinajstić information content (AvgIpc) is 2.95. The van der Waals surface area contributed by atoms with Gasteiger partial charge in [0, 0.05) is 23.9 Å². The Labute approximate surface area is 124 Å². The standard InChI is InChI=1S/C15H11N3O2S/c1-9(19)12-8-21-15(17-12)18-14(20)13-11-5-3-2-4-10(11)6-7-16-13/h2-8H,1H3,(H,17,18,20). The summed E-state index contributed by atoms with van der Waals surface area (Å²) in [4.78, 5) is 31.7. The molecule has 2 aromatic heterocycles. The van der Waals surface area contributed by atoms with Crippen LogP contribution in [0.2, 0.25) is 0 Å². The van der Waals surface area contributed by atoms with Crippen molar-refractivity contribution in [3.05, 3.63) is 53.3 Å². The number of carbonyl (C=O) groups is 2. The Balaban J connectivity index is 1.91. The van der Waals surface area contributed by atoms with Gasteiger partial charge in [0.1, 0.15) is 11.4 Å². The molecule has 0 radical (unpaired) electrons. The summed E-state index contributed by atoms with van der Waals surface area (Å²) in [6, 6.07) is 9.39. The number of pyridine rings is 1. The molecule has 1 N–H and O–H groups in total. The van der Waals surface area contributed by atoms with Crippen LogP contribution in [0.25, 0.3) is 10.8 Å². The molecule has 21 heavy (non-hydrogen) atoms. The molecule has 0 saturated carbocycles. The van der Waals surface area contributed by atoms with Crippen LogP contribution in [-0.4, -0.2) is 21.7 Å². The summed E-state index contributed by atoms with van der Waals surface area (Å²) in [5.41, 5.74) is 0.689. The number of thiazole rings is 1. The van der Waals surface area contributed by atoms with Crippen molar-refractivity contribution in [2.75, 3.05) is 5.32 Å². The molecule has 6 heteroatoms. The normalized spacial score (nSPS) is 10.5. The number of hydrogen-bond acceptors (Lipinski definition) is 5. The van der Waals surface area contributed by atoms with E-state index in [0.29, 0.717) is 16.5 Å². The lowest BCUT2D eigenvalue weighted by Crippen LogP contribution is -2.14. The second-order valence-electron chi connectivity index (χ2n) is 4.43. The highest BCUT2D eigenvalue weighted by Crippen LogP contribution is 2.20. The lowest BCUT2D eigenvalue weighted by molar-refractivity contribution is 0.100. The molecule has 104 valence electrons. The second kappa shape index (κ2) is 5.41. The van der Waals surface area contributed by atoms with Gasteiger partial charge in [0.05, 0.1) is 0 Å². The van der Waals surface area contributed by atoms with Crippen molar-refractivity contribution in [3.63, 3.8) is 0 Å². The van der Waals surface area contributed by atoms with Gasteiger partial charge in [-0.05, 0) is 11.5 Å². The molecular weight excluding hydrogens is 286 g/mol. The van der Waals surface area contributed by atoms with Crippen molar-refractivity contribution in [3.8, 4) is 0 Å². The first-order valence-corrected chi connectivity index (χ1v) is 7.14. The molecule has 0 aliphatic rings. The summed E-state index contributed by atoms with van der Waals surface area (Å²) in [7, 11) is 0. The fourth-order valence-electron chi connectivity index (χ4n) is 1.95. The van der Waals surface area contributed by atoms with Crippen molar-refractivity contribution in [1.82, 2.24) is 9.97 Å². The Morgan fingerprint density at radius 1 is 1.19 bits per heavy atom. The molecule has 0 atom stereocenters. The average molecular weight is 297 g/mol. The highest BCUT2D eigenvalue weighted by molar-refractivity contribution is 7.14. The third-order valence-corrected chi connectivity index (χ3v) is 3.73. The molecule has 1 amide bonds. The number of rotatable bonds is 3. The van der Waals surface area contributed by atoms with Gasteiger partial charge in [-0.2, -0.15) is 0 Å². The quantitative estimate of drug-likeness (QED) is 0.754. The van der Waals surface area contributed by atoms with Gasteiger partial charge in [-0.15, -0.1) is 11.3 Å². The number of nitrogens with one attached hydrogen (secondary N) is 1. The monoisotopic (exact) mass is 297 g/mol. The maximum atomic E-state index is 12.3. The molecule has 1 aromatic carbocycles. The third-order valence-electron chi connectivity index (χ3n) is 2.97. The summed E-state index contributed by atoms with van der Waals surface area (Å²) >= 11 is 1.21. The van der Waals surface area contributed by atoms with Crippen LogP contribution in [0.3, 0.4) is 0 Å². The molecule has 0 aliphatic heterocycles. The number of nitrogens with zero attached hydrogens (tertiary/aromatic N) is 2. The van der Waals surface area contributed by atoms with E-state index in [1.807, 2.05) is 30.3 Å². The van der Waals surface area contributed by atoms with Crippen LogP contribution in [0.15, 0.2) is 41.9 Å². The van der Waals surface area contributed by atoms with E-state index in [-0.39, 0.29) is 11.7 Å². The maximum Gasteiger partial charge on any atom is 0.276 e. The van der Waals surface area contributed by atoms with Gasteiger partial charge in [-0.3, -0.25) is 19.9 Å². The molecule has 2 heterocycles. The summed E-state index contributed by atoms with van der Waals surface area (Å²) in [5, 5.41) is 6.41. The summed E-state index contributed by atoms with van der Waals surface area (Å²) in [6.07, 6.45) is 1.60. The lowest BCUT2D eigenvalue weighted by atomic mass is 10.1. The molecule has 0 aliphatic carbocycles. The number of fused-ring (bicyclic) bond motifs is 1. The van der Waals surface area contributed by atoms with Crippen molar-refractivity contribution in [2.24, 2.45) is 0 Å². The minimum Gasteiger partial charge on any atom is -0.296 e. The number of hydrogen-bond donors (Lipinski definition) is 1. The third kappa shape index (κ3) is 2.66. The van der Waals surface area contributed by atoms with Crippen LogP contribution in [0, 0.1) is 0 Å². The molecule has 0 fully saturated rings. The number of benzene rings is 1. The fraction of sp³-hybridized carbons (Fsp3) is 0.0667. The lowest BCUT2D eigenvalue weighted by Gasteiger charge is -2.04.